The lowest BCUT2D eigenvalue weighted by atomic mass is 9.98. The van der Waals surface area contributed by atoms with Gasteiger partial charge < -0.3 is 14.2 Å². The molecule has 1 aliphatic rings. The van der Waals surface area contributed by atoms with Crippen molar-refractivity contribution in [3.63, 3.8) is 0 Å². The van der Waals surface area contributed by atoms with E-state index in [1.807, 2.05) is 14.1 Å². The predicted octanol–water partition coefficient (Wildman–Crippen LogP) is 1.39. The number of nitro benzene ring substituents is 1. The normalized spacial score (nSPS) is 15.9. The Morgan fingerprint density at radius 3 is 2.45 bits per heavy atom. The fraction of sp³-hybridized carbons (Fsp3) is 0.238. The number of non-ortho nitro benzene ring substituents is 1. The topological polar surface area (TPSA) is 98.1 Å². The van der Waals surface area contributed by atoms with Crippen LogP contribution in [0, 0.1) is 10.1 Å². The fourth-order valence-electron chi connectivity index (χ4n) is 3.67. The van der Waals surface area contributed by atoms with Gasteiger partial charge in [-0.2, -0.15) is 0 Å². The average Bonchev–Trinajstić information content (AvgIpc) is 2.99. The number of nitro groups is 1. The van der Waals surface area contributed by atoms with Crippen LogP contribution in [0.5, 0.6) is 0 Å². The number of nitrogens with one attached hydrogen (secondary N) is 1. The van der Waals surface area contributed by atoms with Crippen molar-refractivity contribution in [2.24, 2.45) is 0 Å². The van der Waals surface area contributed by atoms with Crippen molar-refractivity contribution in [2.75, 3.05) is 27.2 Å². The molecule has 0 fully saturated rings. The van der Waals surface area contributed by atoms with Gasteiger partial charge in [-0.3, -0.25) is 19.7 Å². The Labute approximate surface area is 166 Å². The summed E-state index contributed by atoms with van der Waals surface area (Å²) in [5, 5.41) is 11.4. The number of carbonyl (C=O) groups is 1. The van der Waals surface area contributed by atoms with Crippen LogP contribution in [0.4, 0.5) is 5.69 Å². The summed E-state index contributed by atoms with van der Waals surface area (Å²) < 4.78 is 5.84. The van der Waals surface area contributed by atoms with Gasteiger partial charge >= 0.3 is 0 Å². The maximum atomic E-state index is 13.3. The van der Waals surface area contributed by atoms with Gasteiger partial charge in [-0.1, -0.05) is 12.1 Å². The molecular weight excluding hydrogens is 374 g/mol. The van der Waals surface area contributed by atoms with Gasteiger partial charge in [-0.05, 0) is 29.8 Å². The zero-order valence-electron chi connectivity index (χ0n) is 16.0. The van der Waals surface area contributed by atoms with Crippen molar-refractivity contribution in [1.82, 2.24) is 4.90 Å². The molecule has 1 aromatic heterocycles. The summed E-state index contributed by atoms with van der Waals surface area (Å²) in [4.78, 5) is 39.7. The smallest absolute Gasteiger partial charge is 0.291 e. The quantitative estimate of drug-likeness (QED) is 0.521. The lowest BCUT2D eigenvalue weighted by Crippen LogP contribution is -3.06. The molecule has 1 aliphatic heterocycles. The van der Waals surface area contributed by atoms with E-state index in [2.05, 4.69) is 0 Å². The molecule has 4 rings (SSSR count). The molecule has 8 nitrogen and oxygen atoms in total. The molecule has 0 aliphatic carbocycles. The molecule has 0 bridgehead atoms. The Kier molecular flexibility index (Phi) is 4.63. The van der Waals surface area contributed by atoms with Gasteiger partial charge in [-0.25, -0.2) is 0 Å². The summed E-state index contributed by atoms with van der Waals surface area (Å²) >= 11 is 0. The monoisotopic (exact) mass is 394 g/mol. The second-order valence-corrected chi connectivity index (χ2v) is 7.38. The van der Waals surface area contributed by atoms with Crippen molar-refractivity contribution in [1.29, 1.82) is 0 Å². The molecule has 3 aromatic rings. The SMILES string of the molecule is C[NH+](C)CCN1C(=O)c2oc3ccccc3c(=O)c2[C@H]1c1ccc([N+](=O)[O-])cc1. The molecule has 1 amide bonds. The largest absolute Gasteiger partial charge is 0.450 e. The van der Waals surface area contributed by atoms with Crippen molar-refractivity contribution in [3.05, 3.63) is 85.8 Å². The second-order valence-electron chi connectivity index (χ2n) is 7.38. The zero-order chi connectivity index (χ0) is 20.7. The highest BCUT2D eigenvalue weighted by Crippen LogP contribution is 2.38. The van der Waals surface area contributed by atoms with Crippen molar-refractivity contribution >= 4 is 22.6 Å². The average molecular weight is 394 g/mol. The van der Waals surface area contributed by atoms with E-state index in [0.29, 0.717) is 29.6 Å². The van der Waals surface area contributed by atoms with Gasteiger partial charge in [0, 0.05) is 12.1 Å². The molecule has 2 heterocycles. The maximum absolute atomic E-state index is 13.3. The van der Waals surface area contributed by atoms with E-state index < -0.39 is 11.0 Å². The third-order valence-electron chi connectivity index (χ3n) is 5.15. The van der Waals surface area contributed by atoms with Crippen molar-refractivity contribution in [2.45, 2.75) is 6.04 Å². The van der Waals surface area contributed by atoms with Crippen LogP contribution in [0.3, 0.4) is 0 Å². The van der Waals surface area contributed by atoms with Gasteiger partial charge in [0.25, 0.3) is 11.6 Å². The van der Waals surface area contributed by atoms with Crippen LogP contribution in [0.2, 0.25) is 0 Å². The summed E-state index contributed by atoms with van der Waals surface area (Å²) in [5.74, 6) is -0.293. The number of rotatable bonds is 5. The lowest BCUT2D eigenvalue weighted by Gasteiger charge is -2.25. The summed E-state index contributed by atoms with van der Waals surface area (Å²) in [6.45, 7) is 1.10. The molecule has 0 saturated carbocycles. The Balaban J connectivity index is 1.90. The molecule has 1 atom stereocenters. The fourth-order valence-corrected chi connectivity index (χ4v) is 3.67. The van der Waals surface area contributed by atoms with Gasteiger partial charge in [-0.15, -0.1) is 0 Å². The van der Waals surface area contributed by atoms with Crippen LogP contribution in [0.1, 0.15) is 27.7 Å². The first-order chi connectivity index (χ1) is 13.9. The Morgan fingerprint density at radius 1 is 1.10 bits per heavy atom. The Bertz CT molecular complexity index is 1170. The number of likely N-dealkylation sites (N-methyl/N-ethyl adjacent to an activating group) is 1. The first-order valence-corrected chi connectivity index (χ1v) is 9.28. The van der Waals surface area contributed by atoms with Crippen LogP contribution >= 0.6 is 0 Å². The zero-order valence-corrected chi connectivity index (χ0v) is 16.0. The Hall–Kier alpha value is -3.52. The van der Waals surface area contributed by atoms with E-state index in [9.17, 15) is 19.7 Å². The van der Waals surface area contributed by atoms with Crippen LogP contribution in [0.15, 0.2) is 57.7 Å². The number of nitrogens with zero attached hydrogens (tertiary/aromatic N) is 2. The number of para-hydroxylation sites is 1. The minimum absolute atomic E-state index is 0.0470. The molecule has 0 radical (unpaired) electrons. The van der Waals surface area contributed by atoms with Crippen molar-refractivity contribution in [3.8, 4) is 0 Å². The molecule has 29 heavy (non-hydrogen) atoms. The van der Waals surface area contributed by atoms with E-state index >= 15 is 0 Å². The third kappa shape index (κ3) is 3.17. The van der Waals surface area contributed by atoms with E-state index in [1.165, 1.54) is 12.1 Å². The molecule has 0 saturated heterocycles. The molecule has 148 valence electrons. The van der Waals surface area contributed by atoms with Gasteiger partial charge in [0.15, 0.2) is 5.43 Å². The van der Waals surface area contributed by atoms with Crippen LogP contribution < -0.4 is 10.3 Å². The first kappa shape index (κ1) is 18.8. The van der Waals surface area contributed by atoms with Gasteiger partial charge in [0.1, 0.15) is 5.58 Å². The number of hydrogen-bond donors (Lipinski definition) is 1. The van der Waals surface area contributed by atoms with E-state index in [1.54, 1.807) is 41.3 Å². The number of carbonyl (C=O) groups excluding carboxylic acids is 1. The highest BCUT2D eigenvalue weighted by molar-refractivity contribution is 5.99. The van der Waals surface area contributed by atoms with Gasteiger partial charge in [0.2, 0.25) is 5.76 Å². The standard InChI is InChI=1S/C21H19N3O5/c1-22(2)11-12-23-18(13-7-9-14(10-8-13)24(27)28)17-19(25)15-5-3-4-6-16(15)29-20(17)21(23)26/h3-10,18H,11-12H2,1-2H3/p+1/t18-/m1/s1. The lowest BCUT2D eigenvalue weighted by molar-refractivity contribution is -0.857. The van der Waals surface area contributed by atoms with E-state index in [-0.39, 0.29) is 28.3 Å². The number of amides is 1. The summed E-state index contributed by atoms with van der Waals surface area (Å²) in [6.07, 6.45) is 0. The van der Waals surface area contributed by atoms with Crippen LogP contribution in [-0.4, -0.2) is 42.9 Å². The first-order valence-electron chi connectivity index (χ1n) is 9.28. The number of benzene rings is 2. The summed E-state index contributed by atoms with van der Waals surface area (Å²) in [5.41, 5.74) is 0.994. The van der Waals surface area contributed by atoms with Crippen LogP contribution in [-0.2, 0) is 0 Å². The number of hydrogen-bond acceptors (Lipinski definition) is 5. The molecular formula is C21H20N3O5+. The third-order valence-corrected chi connectivity index (χ3v) is 5.15. The highest BCUT2D eigenvalue weighted by Gasteiger charge is 2.42. The minimum atomic E-state index is -0.640. The summed E-state index contributed by atoms with van der Waals surface area (Å²) in [6, 6.07) is 12.1. The molecule has 1 N–H and O–H groups in total. The molecule has 2 aromatic carbocycles. The predicted molar refractivity (Wildman–Crippen MR) is 106 cm³/mol. The summed E-state index contributed by atoms with van der Waals surface area (Å²) in [7, 11) is 3.96. The number of quaternary nitrogens is 1. The second kappa shape index (κ2) is 7.14. The molecule has 8 heteroatoms. The highest BCUT2D eigenvalue weighted by atomic mass is 16.6. The minimum Gasteiger partial charge on any atom is -0.450 e. The Morgan fingerprint density at radius 2 is 1.79 bits per heavy atom. The van der Waals surface area contributed by atoms with E-state index in [4.69, 9.17) is 4.42 Å². The van der Waals surface area contributed by atoms with Crippen LogP contribution in [0.25, 0.3) is 11.0 Å². The molecule has 0 unspecified atom stereocenters. The molecule has 0 spiro atoms. The maximum Gasteiger partial charge on any atom is 0.291 e. The number of fused-ring (bicyclic) bond motifs is 2. The van der Waals surface area contributed by atoms with Crippen molar-refractivity contribution < 1.29 is 19.0 Å². The van der Waals surface area contributed by atoms with E-state index in [0.717, 1.165) is 4.90 Å². The van der Waals surface area contributed by atoms with Gasteiger partial charge in [0.05, 0.1) is 49.1 Å².